The van der Waals surface area contributed by atoms with Gasteiger partial charge in [-0.15, -0.1) is 0 Å². The van der Waals surface area contributed by atoms with E-state index in [4.69, 9.17) is 0 Å². The van der Waals surface area contributed by atoms with Gasteiger partial charge in [0, 0.05) is 30.7 Å². The average molecular weight is 242 g/mol. The van der Waals surface area contributed by atoms with Gasteiger partial charge in [-0.2, -0.15) is 0 Å². The molecule has 1 fully saturated rings. The van der Waals surface area contributed by atoms with E-state index in [-0.39, 0.29) is 11.4 Å². The van der Waals surface area contributed by atoms with Crippen molar-refractivity contribution in [2.45, 2.75) is 44.1 Å². The first-order chi connectivity index (χ1) is 8.78. The summed E-state index contributed by atoms with van der Waals surface area (Å²) in [7, 11) is 0. The lowest BCUT2D eigenvalue weighted by Gasteiger charge is -2.27. The fourth-order valence-electron chi connectivity index (χ4n) is 3.09. The number of benzene rings is 1. The standard InChI is InChI=1S/C15H18N2O/c18-14-11-15(9-5-2-6-10-15)17(16-14)12-13-7-3-1-4-8-13/h1,3-4,7-8,12H,2,5-6,9-11H2/b17-12-. The zero-order valence-corrected chi connectivity index (χ0v) is 10.5. The molecule has 1 aromatic carbocycles. The molecule has 1 saturated carbocycles. The Morgan fingerprint density at radius 3 is 2.56 bits per heavy atom. The summed E-state index contributed by atoms with van der Waals surface area (Å²) in [6.07, 6.45) is 8.50. The Balaban J connectivity index is 1.95. The van der Waals surface area contributed by atoms with E-state index in [2.05, 4.69) is 17.2 Å². The van der Waals surface area contributed by atoms with E-state index in [0.29, 0.717) is 6.42 Å². The van der Waals surface area contributed by atoms with Crippen LogP contribution in [0.2, 0.25) is 0 Å². The Labute approximate surface area is 107 Å². The Bertz CT molecular complexity index is 484. The maximum Gasteiger partial charge on any atom is 0.203 e. The maximum absolute atomic E-state index is 11.7. The zero-order valence-electron chi connectivity index (χ0n) is 10.5. The molecule has 0 bridgehead atoms. The van der Waals surface area contributed by atoms with Gasteiger partial charge in [-0.3, -0.25) is 0 Å². The van der Waals surface area contributed by atoms with Crippen LogP contribution in [0, 0.1) is 0 Å². The molecule has 0 N–H and O–H groups in total. The molecule has 3 heteroatoms. The summed E-state index contributed by atoms with van der Waals surface area (Å²) < 4.78 is 1.95. The molecule has 1 aliphatic heterocycles. The summed E-state index contributed by atoms with van der Waals surface area (Å²) in [6.45, 7) is 0. The molecule has 2 aliphatic rings. The molecule has 0 aromatic heterocycles. The van der Waals surface area contributed by atoms with Crippen LogP contribution in [-0.2, 0) is 0 Å². The molecule has 3 nitrogen and oxygen atoms in total. The van der Waals surface area contributed by atoms with Gasteiger partial charge in [0.05, 0.1) is 0 Å². The van der Waals surface area contributed by atoms with Crippen molar-refractivity contribution in [2.75, 3.05) is 0 Å². The molecule has 0 radical (unpaired) electrons. The molecular formula is C15H18N2O. The lowest BCUT2D eigenvalue weighted by molar-refractivity contribution is -0.604. The van der Waals surface area contributed by atoms with Crippen LogP contribution in [0.1, 0.15) is 44.1 Å². The topological polar surface area (TPSA) is 38.4 Å². The van der Waals surface area contributed by atoms with Gasteiger partial charge in [-0.1, -0.05) is 29.3 Å². The second-order valence-electron chi connectivity index (χ2n) is 5.34. The molecule has 94 valence electrons. The number of rotatable bonds is 1. The smallest absolute Gasteiger partial charge is 0.203 e. The van der Waals surface area contributed by atoms with E-state index >= 15 is 0 Å². The van der Waals surface area contributed by atoms with Crippen molar-refractivity contribution in [1.82, 2.24) is 0 Å². The normalized spacial score (nSPS) is 24.4. The summed E-state index contributed by atoms with van der Waals surface area (Å²) in [4.78, 5) is 0. The van der Waals surface area contributed by atoms with Gasteiger partial charge < -0.3 is 5.11 Å². The van der Waals surface area contributed by atoms with Crippen molar-refractivity contribution in [3.05, 3.63) is 35.9 Å². The van der Waals surface area contributed by atoms with Crippen molar-refractivity contribution < 1.29 is 9.79 Å². The largest absolute Gasteiger partial charge is 0.857 e. The summed E-state index contributed by atoms with van der Waals surface area (Å²) in [5.74, 6) is 0.0316. The highest BCUT2D eigenvalue weighted by Crippen LogP contribution is 2.37. The Kier molecular flexibility index (Phi) is 2.90. The van der Waals surface area contributed by atoms with E-state index < -0.39 is 0 Å². The Morgan fingerprint density at radius 2 is 1.83 bits per heavy atom. The Morgan fingerprint density at radius 1 is 1.11 bits per heavy atom. The highest BCUT2D eigenvalue weighted by atomic mass is 16.3. The first-order valence-electron chi connectivity index (χ1n) is 6.72. The van der Waals surface area contributed by atoms with Crippen molar-refractivity contribution in [2.24, 2.45) is 5.10 Å². The van der Waals surface area contributed by atoms with Crippen LogP contribution in [0.4, 0.5) is 0 Å². The second-order valence-corrected chi connectivity index (χ2v) is 5.34. The monoisotopic (exact) mass is 242 g/mol. The van der Waals surface area contributed by atoms with Crippen LogP contribution in [0.5, 0.6) is 0 Å². The van der Waals surface area contributed by atoms with Gasteiger partial charge >= 0.3 is 0 Å². The average Bonchev–Trinajstić information content (AvgIpc) is 2.67. The minimum absolute atomic E-state index is 0.0226. The summed E-state index contributed by atoms with van der Waals surface area (Å²) in [6, 6.07) is 10.1. The predicted octanol–water partition coefficient (Wildman–Crippen LogP) is 1.90. The molecular weight excluding hydrogens is 224 g/mol. The van der Waals surface area contributed by atoms with Gasteiger partial charge in [0.25, 0.3) is 0 Å². The lowest BCUT2D eigenvalue weighted by Crippen LogP contribution is -2.40. The fraction of sp³-hybridized carbons (Fsp3) is 0.467. The lowest BCUT2D eigenvalue weighted by atomic mass is 9.80. The van der Waals surface area contributed by atoms with Crippen LogP contribution in [0.15, 0.2) is 35.4 Å². The minimum Gasteiger partial charge on any atom is -0.857 e. The predicted molar refractivity (Wildman–Crippen MR) is 69.7 cm³/mol. The molecule has 0 saturated heterocycles. The molecule has 0 amide bonds. The maximum atomic E-state index is 11.7. The zero-order chi connectivity index (χ0) is 12.4. The number of hydrogen-bond acceptors (Lipinski definition) is 2. The first kappa shape index (κ1) is 11.5. The van der Waals surface area contributed by atoms with E-state index in [1.165, 1.54) is 19.3 Å². The molecule has 1 spiro atoms. The van der Waals surface area contributed by atoms with E-state index in [0.717, 1.165) is 18.4 Å². The molecule has 3 rings (SSSR count). The third-order valence-corrected chi connectivity index (χ3v) is 4.04. The first-order valence-corrected chi connectivity index (χ1v) is 6.72. The fourth-order valence-corrected chi connectivity index (χ4v) is 3.09. The van der Waals surface area contributed by atoms with Gasteiger partial charge in [-0.05, 0) is 30.1 Å². The van der Waals surface area contributed by atoms with Crippen LogP contribution in [0.3, 0.4) is 0 Å². The van der Waals surface area contributed by atoms with E-state index in [1.807, 2.05) is 29.1 Å². The highest BCUT2D eigenvalue weighted by molar-refractivity contribution is 5.78. The number of hydrazone groups is 1. The van der Waals surface area contributed by atoms with Crippen molar-refractivity contribution in [3.63, 3.8) is 0 Å². The van der Waals surface area contributed by atoms with Crippen molar-refractivity contribution in [1.29, 1.82) is 0 Å². The summed E-state index contributed by atoms with van der Waals surface area (Å²) >= 11 is 0. The summed E-state index contributed by atoms with van der Waals surface area (Å²) in [5.41, 5.74) is 1.09. The molecule has 1 aromatic rings. The molecule has 18 heavy (non-hydrogen) atoms. The molecule has 0 atom stereocenters. The van der Waals surface area contributed by atoms with Gasteiger partial charge in [-0.25, -0.2) is 0 Å². The third-order valence-electron chi connectivity index (χ3n) is 4.04. The SMILES string of the molecule is [O-]C1=N/[N+](=C\c2ccccc2)C2(CCCCC2)C1. The quantitative estimate of drug-likeness (QED) is 0.693. The molecule has 0 unspecified atom stereocenters. The summed E-state index contributed by atoms with van der Waals surface area (Å²) in [5, 5.41) is 15.9. The van der Waals surface area contributed by atoms with Crippen LogP contribution in [-0.4, -0.2) is 22.3 Å². The third kappa shape index (κ3) is 2.05. The van der Waals surface area contributed by atoms with Gasteiger partial charge in [0.15, 0.2) is 5.54 Å². The van der Waals surface area contributed by atoms with Crippen LogP contribution >= 0.6 is 0 Å². The van der Waals surface area contributed by atoms with Crippen molar-refractivity contribution >= 4 is 12.1 Å². The van der Waals surface area contributed by atoms with Crippen LogP contribution < -0.4 is 5.11 Å². The number of nitrogens with zero attached hydrogens (tertiary/aromatic N) is 2. The second kappa shape index (κ2) is 4.56. The van der Waals surface area contributed by atoms with Gasteiger partial charge in [0.2, 0.25) is 6.21 Å². The van der Waals surface area contributed by atoms with Crippen molar-refractivity contribution in [3.8, 4) is 0 Å². The van der Waals surface area contributed by atoms with E-state index in [1.54, 1.807) is 0 Å². The molecule has 1 heterocycles. The minimum atomic E-state index is -0.0226. The molecule has 1 aliphatic carbocycles. The number of hydrogen-bond donors (Lipinski definition) is 0. The van der Waals surface area contributed by atoms with E-state index in [9.17, 15) is 5.11 Å². The Hall–Kier alpha value is -1.64. The highest BCUT2D eigenvalue weighted by Gasteiger charge is 2.46. The van der Waals surface area contributed by atoms with Crippen LogP contribution in [0.25, 0.3) is 0 Å². The van der Waals surface area contributed by atoms with Gasteiger partial charge in [0.1, 0.15) is 0 Å².